The zero-order chi connectivity index (χ0) is 28.4. The number of rotatable bonds is 12. The minimum Gasteiger partial charge on any atom is -0.488 e. The maximum absolute atomic E-state index is 13.5. The van der Waals surface area contributed by atoms with Gasteiger partial charge in [-0.25, -0.2) is 4.39 Å². The van der Waals surface area contributed by atoms with Gasteiger partial charge in [0.2, 0.25) is 0 Å². The topological polar surface area (TPSA) is 73.6 Å². The highest BCUT2D eigenvalue weighted by atomic mass is 19.1. The Bertz CT molecular complexity index is 1570. The Balaban J connectivity index is 1.51. The van der Waals surface area contributed by atoms with Crippen LogP contribution in [0.3, 0.4) is 0 Å². The average Bonchev–Trinajstić information content (AvgIpc) is 3.50. The van der Waals surface area contributed by atoms with Crippen molar-refractivity contribution in [2.45, 2.75) is 33.0 Å². The Morgan fingerprint density at radius 1 is 0.780 bits per heavy atom. The smallest absolute Gasteiger partial charge is 0.273 e. The largest absolute Gasteiger partial charge is 0.488 e. The SMILES string of the molecule is CCNC(=O)c1cc(-c2cc(CCc3ccc(F)cc3)c(OCc3ccccc3)cc2OCc2ccccc2)on1. The standard InChI is InChI=1S/C34H31FN2O4/c1-2-36-34(38)30-20-33(41-37-30)29-19-27(16-13-24-14-17-28(35)18-15-24)31(39-22-25-9-5-3-6-10-25)21-32(29)40-23-26-11-7-4-8-12-26/h3-12,14-15,17-21H,2,13,16,22-23H2,1H3,(H,36,38). The lowest BCUT2D eigenvalue weighted by molar-refractivity contribution is 0.0947. The quantitative estimate of drug-likeness (QED) is 0.178. The monoisotopic (exact) mass is 550 g/mol. The van der Waals surface area contributed by atoms with E-state index in [2.05, 4.69) is 10.5 Å². The van der Waals surface area contributed by atoms with E-state index < -0.39 is 0 Å². The fourth-order valence-corrected chi connectivity index (χ4v) is 4.41. The number of aromatic nitrogens is 1. The number of carbonyl (C=O) groups is 1. The summed E-state index contributed by atoms with van der Waals surface area (Å²) in [6.45, 7) is 3.03. The van der Waals surface area contributed by atoms with Gasteiger partial charge in [-0.3, -0.25) is 4.79 Å². The number of aryl methyl sites for hydroxylation is 2. The highest BCUT2D eigenvalue weighted by Gasteiger charge is 2.20. The normalized spacial score (nSPS) is 10.8. The zero-order valence-electron chi connectivity index (χ0n) is 22.8. The molecule has 1 amide bonds. The molecule has 1 heterocycles. The first-order valence-electron chi connectivity index (χ1n) is 13.6. The summed E-state index contributed by atoms with van der Waals surface area (Å²) in [6, 6.07) is 31.7. The molecule has 0 atom stereocenters. The Labute approximate surface area is 238 Å². The highest BCUT2D eigenvalue weighted by molar-refractivity contribution is 5.93. The van der Waals surface area contributed by atoms with Gasteiger partial charge in [0, 0.05) is 18.7 Å². The Morgan fingerprint density at radius 3 is 2.05 bits per heavy atom. The van der Waals surface area contributed by atoms with Crippen LogP contribution in [0, 0.1) is 5.82 Å². The Kier molecular flexibility index (Phi) is 9.06. The molecule has 5 aromatic rings. The third-order valence-corrected chi connectivity index (χ3v) is 6.58. The number of nitrogens with one attached hydrogen (secondary N) is 1. The summed E-state index contributed by atoms with van der Waals surface area (Å²) in [7, 11) is 0. The lowest BCUT2D eigenvalue weighted by Crippen LogP contribution is -2.22. The predicted octanol–water partition coefficient (Wildman–Crippen LogP) is 7.17. The van der Waals surface area contributed by atoms with Crippen LogP contribution < -0.4 is 14.8 Å². The first-order valence-corrected chi connectivity index (χ1v) is 13.6. The van der Waals surface area contributed by atoms with E-state index in [1.165, 1.54) is 12.1 Å². The molecule has 0 aliphatic carbocycles. The van der Waals surface area contributed by atoms with Crippen molar-refractivity contribution < 1.29 is 23.2 Å². The van der Waals surface area contributed by atoms with Crippen LogP contribution in [0.15, 0.2) is 108 Å². The summed E-state index contributed by atoms with van der Waals surface area (Å²) in [6.07, 6.45) is 1.30. The molecule has 0 fully saturated rings. The maximum atomic E-state index is 13.5. The number of amides is 1. The van der Waals surface area contributed by atoms with E-state index >= 15 is 0 Å². The molecule has 0 aliphatic heterocycles. The number of halogens is 1. The van der Waals surface area contributed by atoms with Crippen molar-refractivity contribution in [1.82, 2.24) is 10.5 Å². The van der Waals surface area contributed by atoms with Gasteiger partial charge in [-0.1, -0.05) is 78.0 Å². The number of carbonyl (C=O) groups excluding carboxylic acids is 1. The summed E-state index contributed by atoms with van der Waals surface area (Å²) in [5.74, 6) is 1.05. The number of hydrogen-bond acceptors (Lipinski definition) is 5. The van der Waals surface area contributed by atoms with Crippen LogP contribution in [0.1, 0.15) is 39.7 Å². The van der Waals surface area contributed by atoms with Crippen LogP contribution >= 0.6 is 0 Å². The summed E-state index contributed by atoms with van der Waals surface area (Å²) in [5, 5.41) is 6.73. The van der Waals surface area contributed by atoms with E-state index in [9.17, 15) is 9.18 Å². The molecule has 1 aromatic heterocycles. The van der Waals surface area contributed by atoms with Crippen molar-refractivity contribution in [2.24, 2.45) is 0 Å². The molecule has 0 spiro atoms. The summed E-state index contributed by atoms with van der Waals surface area (Å²) in [4.78, 5) is 12.4. The van der Waals surface area contributed by atoms with Crippen molar-refractivity contribution in [3.63, 3.8) is 0 Å². The van der Waals surface area contributed by atoms with Crippen LogP contribution in [0.5, 0.6) is 11.5 Å². The van der Waals surface area contributed by atoms with Gasteiger partial charge >= 0.3 is 0 Å². The van der Waals surface area contributed by atoms with Gasteiger partial charge in [0.25, 0.3) is 5.91 Å². The van der Waals surface area contributed by atoms with Crippen molar-refractivity contribution in [3.8, 4) is 22.8 Å². The molecule has 41 heavy (non-hydrogen) atoms. The van der Waals surface area contributed by atoms with Crippen molar-refractivity contribution in [2.75, 3.05) is 6.54 Å². The molecule has 7 heteroatoms. The average molecular weight is 551 g/mol. The van der Waals surface area contributed by atoms with Crippen molar-refractivity contribution >= 4 is 5.91 Å². The molecular weight excluding hydrogens is 519 g/mol. The second-order valence-corrected chi connectivity index (χ2v) is 9.57. The molecule has 5 rings (SSSR count). The van der Waals surface area contributed by atoms with E-state index in [-0.39, 0.29) is 17.4 Å². The van der Waals surface area contributed by atoms with E-state index in [1.807, 2.05) is 79.7 Å². The third kappa shape index (κ3) is 7.39. The molecule has 0 saturated carbocycles. The molecule has 1 N–H and O–H groups in total. The van der Waals surface area contributed by atoms with E-state index in [0.29, 0.717) is 55.4 Å². The van der Waals surface area contributed by atoms with Gasteiger partial charge < -0.3 is 19.3 Å². The second kappa shape index (κ2) is 13.4. The summed E-state index contributed by atoms with van der Waals surface area (Å²) >= 11 is 0. The van der Waals surface area contributed by atoms with Gasteiger partial charge in [0.1, 0.15) is 30.5 Å². The van der Waals surface area contributed by atoms with Crippen LogP contribution in [0.25, 0.3) is 11.3 Å². The number of benzene rings is 4. The van der Waals surface area contributed by atoms with Gasteiger partial charge in [-0.15, -0.1) is 0 Å². The van der Waals surface area contributed by atoms with Crippen LogP contribution in [0.4, 0.5) is 4.39 Å². The third-order valence-electron chi connectivity index (χ3n) is 6.58. The molecular formula is C34H31FN2O4. The van der Waals surface area contributed by atoms with E-state index in [0.717, 1.165) is 22.3 Å². The predicted molar refractivity (Wildman–Crippen MR) is 155 cm³/mol. The van der Waals surface area contributed by atoms with Gasteiger partial charge in [0.15, 0.2) is 11.5 Å². The van der Waals surface area contributed by atoms with Crippen molar-refractivity contribution in [1.29, 1.82) is 0 Å². The van der Waals surface area contributed by atoms with Gasteiger partial charge in [-0.2, -0.15) is 0 Å². The fourth-order valence-electron chi connectivity index (χ4n) is 4.41. The summed E-state index contributed by atoms with van der Waals surface area (Å²) < 4.78 is 31.8. The highest BCUT2D eigenvalue weighted by Crippen LogP contribution is 2.38. The molecule has 0 aliphatic rings. The number of ether oxygens (including phenoxy) is 2. The number of nitrogens with zero attached hydrogens (tertiary/aromatic N) is 1. The lowest BCUT2D eigenvalue weighted by atomic mass is 9.99. The lowest BCUT2D eigenvalue weighted by Gasteiger charge is -2.17. The Hall–Kier alpha value is -4.91. The minimum atomic E-state index is -0.311. The van der Waals surface area contributed by atoms with Crippen molar-refractivity contribution in [3.05, 3.63) is 137 Å². The molecule has 0 saturated heterocycles. The molecule has 6 nitrogen and oxygen atoms in total. The van der Waals surface area contributed by atoms with Crippen LogP contribution in [-0.4, -0.2) is 17.6 Å². The molecule has 4 aromatic carbocycles. The zero-order valence-corrected chi connectivity index (χ0v) is 22.8. The maximum Gasteiger partial charge on any atom is 0.273 e. The number of hydrogen-bond donors (Lipinski definition) is 1. The van der Waals surface area contributed by atoms with Gasteiger partial charge in [0.05, 0.1) is 5.56 Å². The molecule has 0 radical (unpaired) electrons. The minimum absolute atomic E-state index is 0.188. The first kappa shape index (κ1) is 27.6. The molecule has 0 bridgehead atoms. The van der Waals surface area contributed by atoms with Crippen LogP contribution in [-0.2, 0) is 26.1 Å². The van der Waals surface area contributed by atoms with E-state index in [4.69, 9.17) is 14.0 Å². The Morgan fingerprint density at radius 2 is 1.41 bits per heavy atom. The molecule has 0 unspecified atom stereocenters. The fraction of sp³-hybridized carbons (Fsp3) is 0.176. The van der Waals surface area contributed by atoms with E-state index in [1.54, 1.807) is 18.2 Å². The second-order valence-electron chi connectivity index (χ2n) is 9.57. The first-order chi connectivity index (χ1) is 20.1. The molecule has 208 valence electrons. The van der Waals surface area contributed by atoms with Gasteiger partial charge in [-0.05, 0) is 60.2 Å². The van der Waals surface area contributed by atoms with Crippen LogP contribution in [0.2, 0.25) is 0 Å². The summed E-state index contributed by atoms with van der Waals surface area (Å²) in [5.41, 5.74) is 4.81.